The van der Waals surface area contributed by atoms with Crippen LogP contribution in [-0.4, -0.2) is 13.9 Å². The van der Waals surface area contributed by atoms with Crippen LogP contribution in [0.1, 0.15) is 0 Å². The highest BCUT2D eigenvalue weighted by Crippen LogP contribution is 2.34. The molecule has 0 N–H and O–H groups in total. The first-order valence-electron chi connectivity index (χ1n) is 5.56. The zero-order valence-corrected chi connectivity index (χ0v) is 11.1. The summed E-state index contributed by atoms with van der Waals surface area (Å²) >= 11 is 0. The molecule has 0 aromatic heterocycles. The molecule has 0 heterocycles. The molecule has 0 spiro atoms. The monoisotopic (exact) mass is 320 g/mol. The average molecular weight is 320 g/mol. The first-order valence-corrected chi connectivity index (χ1v) is 6.97. The predicted molar refractivity (Wildman–Crippen MR) is 67.4 cm³/mol. The minimum absolute atomic E-state index is 0.102. The van der Waals surface area contributed by atoms with Gasteiger partial charge in [-0.3, -0.25) is 0 Å². The van der Waals surface area contributed by atoms with E-state index in [1.54, 1.807) is 0 Å². The summed E-state index contributed by atoms with van der Waals surface area (Å²) in [6.07, 6.45) is 0. The van der Waals surface area contributed by atoms with Crippen LogP contribution in [0.2, 0.25) is 0 Å². The largest absolute Gasteiger partial charge is 0.534 e. The van der Waals surface area contributed by atoms with E-state index in [-0.39, 0.29) is 5.56 Å². The maximum Gasteiger partial charge on any atom is 0.534 e. The molecule has 0 saturated heterocycles. The van der Waals surface area contributed by atoms with Crippen molar-refractivity contribution in [1.29, 1.82) is 0 Å². The molecule has 0 aliphatic heterocycles. The molecular formula is C13H8F4O3S. The van der Waals surface area contributed by atoms with Gasteiger partial charge in [0, 0.05) is 5.56 Å². The quantitative estimate of drug-likeness (QED) is 0.492. The van der Waals surface area contributed by atoms with Crippen LogP contribution in [0.4, 0.5) is 17.6 Å². The Balaban J connectivity index is 2.45. The lowest BCUT2D eigenvalue weighted by Crippen LogP contribution is -2.28. The zero-order valence-electron chi connectivity index (χ0n) is 10.3. The second-order valence-electron chi connectivity index (χ2n) is 3.99. The molecule has 0 bridgehead atoms. The van der Waals surface area contributed by atoms with Crippen LogP contribution >= 0.6 is 0 Å². The standard InChI is InChI=1S/C13H8F4O3S/c14-10-7-5-9(6-8-10)11-3-1-2-4-12(11)20-21(18,19)13(15,16)17/h1-8H. The summed E-state index contributed by atoms with van der Waals surface area (Å²) < 4.78 is 76.1. The van der Waals surface area contributed by atoms with Crippen LogP contribution < -0.4 is 4.18 Å². The lowest BCUT2D eigenvalue weighted by Gasteiger charge is -2.13. The molecule has 2 aromatic carbocycles. The Morgan fingerprint density at radius 3 is 2.05 bits per heavy atom. The summed E-state index contributed by atoms with van der Waals surface area (Å²) in [5.41, 5.74) is -5.10. The molecule has 112 valence electrons. The Labute approximate surface area is 117 Å². The molecular weight excluding hydrogens is 312 g/mol. The predicted octanol–water partition coefficient (Wildman–Crippen LogP) is 3.72. The molecule has 0 fully saturated rings. The number of para-hydroxylation sites is 1. The summed E-state index contributed by atoms with van der Waals surface area (Å²) in [5, 5.41) is 0. The van der Waals surface area contributed by atoms with Crippen LogP contribution in [0.3, 0.4) is 0 Å². The summed E-state index contributed by atoms with van der Waals surface area (Å²) in [6.45, 7) is 0. The highest BCUT2D eigenvalue weighted by molar-refractivity contribution is 7.88. The van der Waals surface area contributed by atoms with Crippen LogP contribution in [0.5, 0.6) is 5.75 Å². The van der Waals surface area contributed by atoms with Gasteiger partial charge >= 0.3 is 15.6 Å². The summed E-state index contributed by atoms with van der Waals surface area (Å²) in [6, 6.07) is 10.1. The van der Waals surface area contributed by atoms with Crippen LogP contribution in [0.25, 0.3) is 11.1 Å². The van der Waals surface area contributed by atoms with Crippen molar-refractivity contribution in [3.8, 4) is 16.9 Å². The normalized spacial score (nSPS) is 12.2. The van der Waals surface area contributed by atoms with Crippen molar-refractivity contribution in [2.24, 2.45) is 0 Å². The van der Waals surface area contributed by atoms with E-state index in [4.69, 9.17) is 0 Å². The molecule has 2 aromatic rings. The summed E-state index contributed by atoms with van der Waals surface area (Å²) in [5.74, 6) is -1.01. The first-order chi connectivity index (χ1) is 9.71. The van der Waals surface area contributed by atoms with Crippen molar-refractivity contribution < 1.29 is 30.2 Å². The van der Waals surface area contributed by atoms with Gasteiger partial charge in [0.1, 0.15) is 5.82 Å². The van der Waals surface area contributed by atoms with E-state index in [0.717, 1.165) is 18.2 Å². The molecule has 0 saturated carbocycles. The van der Waals surface area contributed by atoms with Crippen molar-refractivity contribution in [2.45, 2.75) is 5.51 Å². The Kier molecular flexibility index (Phi) is 3.91. The van der Waals surface area contributed by atoms with Gasteiger partial charge in [-0.2, -0.15) is 21.6 Å². The van der Waals surface area contributed by atoms with E-state index in [2.05, 4.69) is 4.18 Å². The van der Waals surface area contributed by atoms with Crippen molar-refractivity contribution >= 4 is 10.1 Å². The molecule has 0 atom stereocenters. The van der Waals surface area contributed by atoms with Crippen molar-refractivity contribution in [3.05, 3.63) is 54.3 Å². The van der Waals surface area contributed by atoms with E-state index < -0.39 is 27.2 Å². The number of alkyl halides is 3. The Morgan fingerprint density at radius 1 is 0.905 bits per heavy atom. The Morgan fingerprint density at radius 2 is 1.48 bits per heavy atom. The van der Waals surface area contributed by atoms with E-state index in [0.29, 0.717) is 5.56 Å². The van der Waals surface area contributed by atoms with Crippen LogP contribution in [-0.2, 0) is 10.1 Å². The SMILES string of the molecule is O=S(=O)(Oc1ccccc1-c1ccc(F)cc1)C(F)(F)F. The Bertz CT molecular complexity index is 737. The topological polar surface area (TPSA) is 43.4 Å². The van der Waals surface area contributed by atoms with Gasteiger partial charge in [0.05, 0.1) is 0 Å². The van der Waals surface area contributed by atoms with Gasteiger partial charge in [-0.25, -0.2) is 4.39 Å². The van der Waals surface area contributed by atoms with Gasteiger partial charge < -0.3 is 4.18 Å². The molecule has 8 heteroatoms. The van der Waals surface area contributed by atoms with Crippen molar-refractivity contribution in [3.63, 3.8) is 0 Å². The molecule has 0 aliphatic carbocycles. The van der Waals surface area contributed by atoms with Crippen molar-refractivity contribution in [1.82, 2.24) is 0 Å². The van der Waals surface area contributed by atoms with E-state index in [1.165, 1.54) is 30.3 Å². The molecule has 0 amide bonds. The highest BCUT2D eigenvalue weighted by Gasteiger charge is 2.48. The fraction of sp³-hybridized carbons (Fsp3) is 0.0769. The fourth-order valence-corrected chi connectivity index (χ4v) is 2.05. The van der Waals surface area contributed by atoms with Gasteiger partial charge in [0.25, 0.3) is 0 Å². The van der Waals surface area contributed by atoms with Gasteiger partial charge in [-0.05, 0) is 23.8 Å². The van der Waals surface area contributed by atoms with Crippen LogP contribution in [0, 0.1) is 5.82 Å². The van der Waals surface area contributed by atoms with E-state index >= 15 is 0 Å². The third kappa shape index (κ3) is 3.33. The van der Waals surface area contributed by atoms with Gasteiger partial charge in [-0.15, -0.1) is 0 Å². The minimum atomic E-state index is -5.76. The Hall–Kier alpha value is -2.09. The molecule has 2 rings (SSSR count). The molecule has 0 aliphatic rings. The lowest BCUT2D eigenvalue weighted by atomic mass is 10.1. The molecule has 3 nitrogen and oxygen atoms in total. The molecule has 0 radical (unpaired) electrons. The number of hydrogen-bond acceptors (Lipinski definition) is 3. The summed E-state index contributed by atoms with van der Waals surface area (Å²) in [7, 11) is -5.76. The van der Waals surface area contributed by atoms with E-state index in [9.17, 15) is 26.0 Å². The first kappa shape index (κ1) is 15.3. The number of benzene rings is 2. The second-order valence-corrected chi connectivity index (χ2v) is 5.52. The number of hydrogen-bond donors (Lipinski definition) is 0. The number of rotatable bonds is 3. The zero-order chi connectivity index (χ0) is 15.7. The second kappa shape index (κ2) is 5.36. The average Bonchev–Trinajstić information content (AvgIpc) is 2.39. The van der Waals surface area contributed by atoms with Gasteiger partial charge in [0.2, 0.25) is 0 Å². The molecule has 21 heavy (non-hydrogen) atoms. The maximum atomic E-state index is 12.9. The fourth-order valence-electron chi connectivity index (χ4n) is 1.57. The van der Waals surface area contributed by atoms with Gasteiger partial charge in [0.15, 0.2) is 5.75 Å². The lowest BCUT2D eigenvalue weighted by molar-refractivity contribution is -0.0499. The van der Waals surface area contributed by atoms with Gasteiger partial charge in [-0.1, -0.05) is 30.3 Å². The van der Waals surface area contributed by atoms with Crippen molar-refractivity contribution in [2.75, 3.05) is 0 Å². The maximum absolute atomic E-state index is 12.9. The van der Waals surface area contributed by atoms with Crippen LogP contribution in [0.15, 0.2) is 48.5 Å². The smallest absolute Gasteiger partial charge is 0.375 e. The van der Waals surface area contributed by atoms with E-state index in [1.807, 2.05) is 0 Å². The minimum Gasteiger partial charge on any atom is -0.375 e. The molecule has 0 unspecified atom stereocenters. The number of halogens is 4. The summed E-state index contributed by atoms with van der Waals surface area (Å²) in [4.78, 5) is 0. The highest BCUT2D eigenvalue weighted by atomic mass is 32.2. The third-order valence-electron chi connectivity index (χ3n) is 2.53. The third-order valence-corrected chi connectivity index (χ3v) is 3.49.